The molecule has 0 aliphatic carbocycles. The maximum atomic E-state index is 12.3. The van der Waals surface area contributed by atoms with Crippen LogP contribution in [0.25, 0.3) is 10.9 Å². The number of fused-ring (bicyclic) bond motifs is 1. The molecule has 1 heterocycles. The lowest BCUT2D eigenvalue weighted by atomic mass is 10.1. The number of hydrogen-bond acceptors (Lipinski definition) is 2. The Morgan fingerprint density at radius 3 is 2.61 bits per heavy atom. The first kappa shape index (κ1) is 15.8. The van der Waals surface area contributed by atoms with Crippen LogP contribution in [-0.4, -0.2) is 19.9 Å². The van der Waals surface area contributed by atoms with Crippen molar-refractivity contribution in [2.24, 2.45) is 0 Å². The fraction of sp³-hybridized carbons (Fsp3) is 0.222. The molecule has 2 aromatic carbocycles. The Kier molecular flexibility index (Phi) is 4.24. The maximum Gasteiger partial charge on any atom is 0.240 e. The summed E-state index contributed by atoms with van der Waals surface area (Å²) in [5.41, 5.74) is 4.23. The molecule has 0 unspecified atom stereocenters. The fourth-order valence-electron chi connectivity index (χ4n) is 2.54. The van der Waals surface area contributed by atoms with E-state index in [1.165, 1.54) is 0 Å². The summed E-state index contributed by atoms with van der Waals surface area (Å²) in [6.07, 6.45) is 2.55. The lowest BCUT2D eigenvalue weighted by Gasteiger charge is -2.09. The summed E-state index contributed by atoms with van der Waals surface area (Å²) in [7, 11) is -3.46. The number of aryl methyl sites for hydroxylation is 2. The molecule has 0 radical (unpaired) electrons. The van der Waals surface area contributed by atoms with E-state index in [-0.39, 0.29) is 0 Å². The van der Waals surface area contributed by atoms with E-state index in [0.717, 1.165) is 27.6 Å². The minimum atomic E-state index is -3.46. The largest absolute Gasteiger partial charge is 0.361 e. The highest BCUT2D eigenvalue weighted by Gasteiger charge is 2.14. The number of hydrogen-bond donors (Lipinski definition) is 2. The molecule has 0 saturated carbocycles. The van der Waals surface area contributed by atoms with Crippen LogP contribution in [0.3, 0.4) is 0 Å². The third-order valence-corrected chi connectivity index (χ3v) is 5.57. The molecule has 4 nitrogen and oxygen atoms in total. The minimum Gasteiger partial charge on any atom is -0.361 e. The molecule has 3 aromatic rings. The number of H-pyrrole nitrogens is 1. The number of benzene rings is 2. The van der Waals surface area contributed by atoms with Crippen LogP contribution in [-0.2, 0) is 16.4 Å². The minimum absolute atomic E-state index is 0.320. The fourth-order valence-corrected chi connectivity index (χ4v) is 3.66. The molecule has 0 aliphatic rings. The first-order valence-corrected chi connectivity index (χ1v) is 9.07. The van der Waals surface area contributed by atoms with Crippen LogP contribution in [0, 0.1) is 13.8 Å². The van der Waals surface area contributed by atoms with Crippen LogP contribution in [0.5, 0.6) is 0 Å². The van der Waals surface area contributed by atoms with Crippen molar-refractivity contribution in [3.05, 3.63) is 65.4 Å². The summed E-state index contributed by atoms with van der Waals surface area (Å²) >= 11 is 0. The molecule has 0 saturated heterocycles. The van der Waals surface area contributed by atoms with E-state index in [4.69, 9.17) is 0 Å². The van der Waals surface area contributed by atoms with Gasteiger partial charge in [0.25, 0.3) is 0 Å². The van der Waals surface area contributed by atoms with Crippen molar-refractivity contribution in [1.29, 1.82) is 0 Å². The Morgan fingerprint density at radius 1 is 1.00 bits per heavy atom. The topological polar surface area (TPSA) is 62.0 Å². The number of rotatable bonds is 5. The highest BCUT2D eigenvalue weighted by atomic mass is 32.2. The summed E-state index contributed by atoms with van der Waals surface area (Å²) in [6.45, 7) is 4.26. The first-order chi connectivity index (χ1) is 11.0. The molecule has 0 fully saturated rings. The third kappa shape index (κ3) is 3.46. The normalized spacial score (nSPS) is 11.9. The summed E-state index contributed by atoms with van der Waals surface area (Å²) in [6, 6.07) is 13.3. The van der Waals surface area contributed by atoms with Crippen LogP contribution in [0.15, 0.2) is 53.6 Å². The predicted octanol–water partition coefficient (Wildman–Crippen LogP) is 3.31. The van der Waals surface area contributed by atoms with E-state index < -0.39 is 10.0 Å². The van der Waals surface area contributed by atoms with Gasteiger partial charge in [0.1, 0.15) is 0 Å². The molecule has 120 valence electrons. The van der Waals surface area contributed by atoms with Gasteiger partial charge in [-0.3, -0.25) is 0 Å². The second-order valence-electron chi connectivity index (χ2n) is 5.79. The Labute approximate surface area is 136 Å². The van der Waals surface area contributed by atoms with Gasteiger partial charge in [0.05, 0.1) is 4.90 Å². The molecule has 3 rings (SSSR count). The highest BCUT2D eigenvalue weighted by molar-refractivity contribution is 7.89. The van der Waals surface area contributed by atoms with Crippen LogP contribution in [0.4, 0.5) is 0 Å². The van der Waals surface area contributed by atoms with Crippen LogP contribution in [0.1, 0.15) is 16.7 Å². The zero-order chi connectivity index (χ0) is 16.4. The van der Waals surface area contributed by atoms with Crippen molar-refractivity contribution in [2.45, 2.75) is 25.2 Å². The van der Waals surface area contributed by atoms with E-state index in [0.29, 0.717) is 17.9 Å². The van der Waals surface area contributed by atoms with E-state index in [9.17, 15) is 8.42 Å². The molecule has 23 heavy (non-hydrogen) atoms. The molecule has 5 heteroatoms. The van der Waals surface area contributed by atoms with Gasteiger partial charge in [0, 0.05) is 18.3 Å². The van der Waals surface area contributed by atoms with Gasteiger partial charge in [-0.25, -0.2) is 13.1 Å². The van der Waals surface area contributed by atoms with Gasteiger partial charge >= 0.3 is 0 Å². The monoisotopic (exact) mass is 328 g/mol. The predicted molar refractivity (Wildman–Crippen MR) is 93.1 cm³/mol. The van der Waals surface area contributed by atoms with E-state index in [2.05, 4.69) is 15.8 Å². The van der Waals surface area contributed by atoms with Gasteiger partial charge < -0.3 is 4.98 Å². The van der Waals surface area contributed by atoms with Crippen molar-refractivity contribution < 1.29 is 8.42 Å². The first-order valence-electron chi connectivity index (χ1n) is 7.59. The average molecular weight is 328 g/mol. The Morgan fingerprint density at radius 2 is 1.83 bits per heavy atom. The lowest BCUT2D eigenvalue weighted by molar-refractivity contribution is 0.581. The molecule has 2 N–H and O–H groups in total. The Balaban J connectivity index is 1.67. The highest BCUT2D eigenvalue weighted by Crippen LogP contribution is 2.16. The van der Waals surface area contributed by atoms with Crippen molar-refractivity contribution in [2.75, 3.05) is 6.54 Å². The second kappa shape index (κ2) is 6.18. The summed E-state index contributed by atoms with van der Waals surface area (Å²) in [4.78, 5) is 3.49. The Hall–Kier alpha value is -2.11. The van der Waals surface area contributed by atoms with E-state index in [1.807, 2.05) is 44.3 Å². The van der Waals surface area contributed by atoms with Crippen molar-refractivity contribution in [3.63, 3.8) is 0 Å². The number of sulfonamides is 1. The van der Waals surface area contributed by atoms with Gasteiger partial charge in [-0.05, 0) is 66.6 Å². The van der Waals surface area contributed by atoms with Gasteiger partial charge in [-0.1, -0.05) is 18.2 Å². The van der Waals surface area contributed by atoms with Crippen LogP contribution in [0.2, 0.25) is 0 Å². The quantitative estimate of drug-likeness (QED) is 0.755. The van der Waals surface area contributed by atoms with Crippen molar-refractivity contribution in [1.82, 2.24) is 9.71 Å². The van der Waals surface area contributed by atoms with E-state index >= 15 is 0 Å². The summed E-state index contributed by atoms with van der Waals surface area (Å²) in [5, 5.41) is 1.16. The second-order valence-corrected chi connectivity index (χ2v) is 7.56. The molecule has 0 spiro atoms. The van der Waals surface area contributed by atoms with Crippen LogP contribution >= 0.6 is 0 Å². The molecule has 0 bridgehead atoms. The average Bonchev–Trinajstić information content (AvgIpc) is 2.97. The smallest absolute Gasteiger partial charge is 0.240 e. The lowest BCUT2D eigenvalue weighted by Crippen LogP contribution is -2.26. The SMILES string of the molecule is Cc1ccc(S(=O)(=O)NCCc2ccc3cc[nH]c3c2)cc1C. The van der Waals surface area contributed by atoms with E-state index in [1.54, 1.807) is 12.1 Å². The van der Waals surface area contributed by atoms with Crippen molar-refractivity contribution >= 4 is 20.9 Å². The molecule has 0 aliphatic heterocycles. The maximum absolute atomic E-state index is 12.3. The number of nitrogens with one attached hydrogen (secondary N) is 2. The molecule has 1 aromatic heterocycles. The zero-order valence-corrected chi connectivity index (χ0v) is 14.1. The Bertz CT molecular complexity index is 943. The number of aromatic nitrogens is 1. The van der Waals surface area contributed by atoms with Crippen LogP contribution < -0.4 is 4.72 Å². The zero-order valence-electron chi connectivity index (χ0n) is 13.3. The third-order valence-electron chi connectivity index (χ3n) is 4.11. The standard InChI is InChI=1S/C18H20N2O2S/c1-13-3-6-17(11-14(13)2)23(21,22)20-10-7-15-4-5-16-8-9-19-18(16)12-15/h3-6,8-9,11-12,19-20H,7,10H2,1-2H3. The molecular weight excluding hydrogens is 308 g/mol. The van der Waals surface area contributed by atoms with Gasteiger partial charge in [0.15, 0.2) is 0 Å². The summed E-state index contributed by atoms with van der Waals surface area (Å²) in [5.74, 6) is 0. The molecular formula is C18H20N2O2S. The molecule has 0 atom stereocenters. The summed E-state index contributed by atoms with van der Waals surface area (Å²) < 4.78 is 27.4. The number of aromatic amines is 1. The van der Waals surface area contributed by atoms with Gasteiger partial charge in [-0.15, -0.1) is 0 Å². The van der Waals surface area contributed by atoms with Crippen molar-refractivity contribution in [3.8, 4) is 0 Å². The molecule has 0 amide bonds. The van der Waals surface area contributed by atoms with Gasteiger partial charge in [-0.2, -0.15) is 0 Å². The van der Waals surface area contributed by atoms with Gasteiger partial charge in [0.2, 0.25) is 10.0 Å².